The number of hydrogen-bond donors (Lipinski definition) is 2. The van der Waals surface area contributed by atoms with Gasteiger partial charge in [-0.3, -0.25) is 15.1 Å². The Morgan fingerprint density at radius 2 is 1.93 bits per heavy atom. The number of carbonyl (C=O) groups is 1. The van der Waals surface area contributed by atoms with Crippen molar-refractivity contribution in [2.45, 2.75) is 43.9 Å². The molecular formula is C21H28N8O. The molecule has 2 unspecified atom stereocenters. The van der Waals surface area contributed by atoms with Crippen LogP contribution in [0.25, 0.3) is 0 Å². The third-order valence-corrected chi connectivity index (χ3v) is 7.70. The van der Waals surface area contributed by atoms with E-state index in [2.05, 4.69) is 67.4 Å². The summed E-state index contributed by atoms with van der Waals surface area (Å²) in [6, 6.07) is 9.65. The van der Waals surface area contributed by atoms with Crippen LogP contribution in [-0.2, 0) is 4.79 Å². The van der Waals surface area contributed by atoms with Crippen molar-refractivity contribution in [1.82, 2.24) is 40.9 Å². The molecule has 5 saturated heterocycles. The summed E-state index contributed by atoms with van der Waals surface area (Å²) in [5.74, 6) is 0.970. The van der Waals surface area contributed by atoms with Gasteiger partial charge in [-0.05, 0) is 54.8 Å². The Morgan fingerprint density at radius 1 is 1.13 bits per heavy atom. The highest BCUT2D eigenvalue weighted by atomic mass is 16.2. The number of rotatable bonds is 3. The Morgan fingerprint density at radius 3 is 2.67 bits per heavy atom. The fourth-order valence-electron chi connectivity index (χ4n) is 6.25. The summed E-state index contributed by atoms with van der Waals surface area (Å²) in [5.41, 5.74) is 8.96. The minimum Gasteiger partial charge on any atom is -0.337 e. The van der Waals surface area contributed by atoms with Gasteiger partial charge in [0.1, 0.15) is 12.5 Å². The summed E-state index contributed by atoms with van der Waals surface area (Å²) >= 11 is 0. The van der Waals surface area contributed by atoms with Crippen molar-refractivity contribution in [1.29, 1.82) is 0 Å². The highest BCUT2D eigenvalue weighted by Crippen LogP contribution is 2.47. The van der Waals surface area contributed by atoms with Crippen LogP contribution >= 0.6 is 0 Å². The Hall–Kier alpha value is -2.36. The molecule has 5 atom stereocenters. The van der Waals surface area contributed by atoms with Crippen LogP contribution in [0.4, 0.5) is 0 Å². The van der Waals surface area contributed by atoms with Crippen LogP contribution in [-0.4, -0.2) is 74.2 Å². The fourth-order valence-corrected chi connectivity index (χ4v) is 6.25. The number of tetrazole rings is 1. The minimum atomic E-state index is -0.259. The van der Waals surface area contributed by atoms with Gasteiger partial charge >= 0.3 is 0 Å². The smallest absolute Gasteiger partial charge is 0.230 e. The molecule has 5 fully saturated rings. The molecule has 2 aromatic rings. The molecule has 0 spiro atoms. The number of fused-ring (bicyclic) bond motifs is 2. The largest absolute Gasteiger partial charge is 0.337 e. The van der Waals surface area contributed by atoms with Gasteiger partial charge < -0.3 is 4.90 Å². The first-order chi connectivity index (χ1) is 14.7. The van der Waals surface area contributed by atoms with Crippen LogP contribution in [0.3, 0.4) is 0 Å². The molecule has 1 aromatic heterocycles. The molecular weight excluding hydrogens is 380 g/mol. The van der Waals surface area contributed by atoms with Gasteiger partial charge in [-0.1, -0.05) is 29.8 Å². The molecule has 1 aromatic carbocycles. The molecule has 5 aliphatic rings. The average molecular weight is 409 g/mol. The van der Waals surface area contributed by atoms with E-state index in [0.717, 1.165) is 19.6 Å². The number of hydrogen-bond acceptors (Lipinski definition) is 7. The Balaban J connectivity index is 1.33. The van der Waals surface area contributed by atoms with E-state index in [1.807, 2.05) is 0 Å². The van der Waals surface area contributed by atoms with Gasteiger partial charge in [0.05, 0.1) is 12.0 Å². The molecule has 2 bridgehead atoms. The van der Waals surface area contributed by atoms with Crippen molar-refractivity contribution in [3.05, 3.63) is 41.7 Å². The molecule has 30 heavy (non-hydrogen) atoms. The minimum absolute atomic E-state index is 0.214. The van der Waals surface area contributed by atoms with Crippen LogP contribution in [0, 0.1) is 18.8 Å². The topological polar surface area (TPSA) is 91.2 Å². The van der Waals surface area contributed by atoms with Crippen molar-refractivity contribution >= 4 is 5.91 Å². The van der Waals surface area contributed by atoms with Gasteiger partial charge in [0.25, 0.3) is 0 Å². The van der Waals surface area contributed by atoms with Gasteiger partial charge in [-0.25, -0.2) is 10.1 Å². The third-order valence-electron chi connectivity index (χ3n) is 7.70. The summed E-state index contributed by atoms with van der Waals surface area (Å²) in [7, 11) is 0. The number of nitrogens with zero attached hydrogens (tertiary/aromatic N) is 6. The van der Waals surface area contributed by atoms with Crippen LogP contribution < -0.4 is 10.9 Å². The van der Waals surface area contributed by atoms with Crippen molar-refractivity contribution in [2.75, 3.05) is 26.2 Å². The number of piperidine rings is 3. The number of benzene rings is 1. The summed E-state index contributed by atoms with van der Waals surface area (Å²) in [6.07, 6.45) is 3.71. The molecule has 7 rings (SSSR count). The Bertz CT molecular complexity index is 908. The van der Waals surface area contributed by atoms with E-state index in [-0.39, 0.29) is 18.0 Å². The van der Waals surface area contributed by atoms with Crippen LogP contribution in [0.2, 0.25) is 0 Å². The van der Waals surface area contributed by atoms with Gasteiger partial charge in [0.15, 0.2) is 0 Å². The van der Waals surface area contributed by atoms with Crippen LogP contribution in [0.1, 0.15) is 36.1 Å². The number of nitrogens with one attached hydrogen (secondary N) is 2. The van der Waals surface area contributed by atoms with E-state index in [4.69, 9.17) is 0 Å². The second-order valence-corrected chi connectivity index (χ2v) is 9.23. The lowest BCUT2D eigenvalue weighted by Crippen LogP contribution is -2.61. The summed E-state index contributed by atoms with van der Waals surface area (Å²) in [4.78, 5) is 18.7. The molecule has 9 nitrogen and oxygen atoms in total. The Kier molecular flexibility index (Phi) is 4.36. The number of hydrazine groups is 1. The van der Waals surface area contributed by atoms with E-state index in [9.17, 15) is 4.79 Å². The second-order valence-electron chi connectivity index (χ2n) is 9.23. The summed E-state index contributed by atoms with van der Waals surface area (Å²) in [5, 5.41) is 11.5. The first kappa shape index (κ1) is 18.4. The van der Waals surface area contributed by atoms with E-state index in [1.54, 1.807) is 11.0 Å². The van der Waals surface area contributed by atoms with Crippen molar-refractivity contribution < 1.29 is 4.79 Å². The fraction of sp³-hybridized carbons (Fsp3) is 0.619. The normalized spacial score (nSPS) is 37.5. The number of aromatic nitrogens is 4. The highest BCUT2D eigenvalue weighted by Gasteiger charge is 2.56. The predicted molar refractivity (Wildman–Crippen MR) is 109 cm³/mol. The molecule has 0 aliphatic carbocycles. The molecule has 2 N–H and O–H groups in total. The van der Waals surface area contributed by atoms with Gasteiger partial charge in [0, 0.05) is 25.0 Å². The SMILES string of the molecule is Cc1ccc([C@@H]2CN(C(=O)C3CNNC3n3cnnn3)[C@@H]3C4CCN(CC4)[C@@H]32)cc1. The van der Waals surface area contributed by atoms with Crippen LogP contribution in [0.15, 0.2) is 30.6 Å². The lowest BCUT2D eigenvalue weighted by molar-refractivity contribution is -0.141. The quantitative estimate of drug-likeness (QED) is 0.754. The zero-order valence-electron chi connectivity index (χ0n) is 17.2. The first-order valence-electron chi connectivity index (χ1n) is 11.0. The zero-order valence-corrected chi connectivity index (χ0v) is 17.2. The van der Waals surface area contributed by atoms with Gasteiger partial charge in [-0.2, -0.15) is 0 Å². The maximum Gasteiger partial charge on any atom is 0.230 e. The highest BCUT2D eigenvalue weighted by molar-refractivity contribution is 5.81. The van der Waals surface area contributed by atoms with E-state index in [0.29, 0.717) is 30.5 Å². The zero-order chi connectivity index (χ0) is 20.2. The maximum atomic E-state index is 13.9. The van der Waals surface area contributed by atoms with Crippen molar-refractivity contribution in [3.8, 4) is 0 Å². The number of likely N-dealkylation sites (tertiary alicyclic amines) is 1. The molecule has 0 saturated carbocycles. The molecule has 9 heteroatoms. The average Bonchev–Trinajstić information content (AvgIpc) is 3.54. The maximum absolute atomic E-state index is 13.9. The predicted octanol–water partition coefficient (Wildman–Crippen LogP) is 0.293. The van der Waals surface area contributed by atoms with Crippen molar-refractivity contribution in [2.24, 2.45) is 11.8 Å². The molecule has 158 valence electrons. The number of aryl methyl sites for hydroxylation is 1. The second kappa shape index (κ2) is 7.11. The van der Waals surface area contributed by atoms with Crippen LogP contribution in [0.5, 0.6) is 0 Å². The number of carbonyl (C=O) groups excluding carboxylic acids is 1. The monoisotopic (exact) mass is 408 g/mol. The van der Waals surface area contributed by atoms with E-state index in [1.165, 1.54) is 24.0 Å². The molecule has 5 aliphatic heterocycles. The number of amides is 1. The Labute approximate surface area is 175 Å². The first-order valence-corrected chi connectivity index (χ1v) is 11.0. The standard InChI is InChI=1S/C21H28N8O/c1-13-2-4-14(5-3-13)17-11-28(18-15-6-8-27(9-7-15)19(17)18)21(30)16-10-22-24-20(16)29-12-23-25-26-29/h2-5,12,15-20,22,24H,6-11H2,1H3/t16?,17-,18+,19+,20?/m0/s1. The lowest BCUT2D eigenvalue weighted by Gasteiger charge is -2.51. The summed E-state index contributed by atoms with van der Waals surface area (Å²) < 4.78 is 1.64. The molecule has 1 amide bonds. The van der Waals surface area contributed by atoms with Gasteiger partial charge in [0.2, 0.25) is 5.91 Å². The van der Waals surface area contributed by atoms with E-state index < -0.39 is 0 Å². The molecule has 6 heterocycles. The van der Waals surface area contributed by atoms with Crippen molar-refractivity contribution in [3.63, 3.8) is 0 Å². The van der Waals surface area contributed by atoms with Gasteiger partial charge in [-0.15, -0.1) is 5.10 Å². The third kappa shape index (κ3) is 2.79. The molecule has 0 radical (unpaired) electrons. The lowest BCUT2D eigenvalue weighted by atomic mass is 9.75. The summed E-state index contributed by atoms with van der Waals surface area (Å²) in [6.45, 7) is 5.83. The van der Waals surface area contributed by atoms with E-state index >= 15 is 0 Å².